The zero-order valence-corrected chi connectivity index (χ0v) is 16.3. The second-order valence-corrected chi connectivity index (χ2v) is 7.47. The van der Waals surface area contributed by atoms with Crippen molar-refractivity contribution in [1.29, 1.82) is 0 Å². The molecule has 0 radical (unpaired) electrons. The van der Waals surface area contributed by atoms with E-state index in [0.29, 0.717) is 11.4 Å². The standard InChI is InChI=1S/C21H20N2O4S/c1-26-18-9-10-20(27-2)21(15-18)28(24,25)23-19-6-4-3-5-17(19)8-7-16-11-13-22-14-12-16/h3-15,23H,1-2H3/b8-7+. The highest BCUT2D eigenvalue weighted by molar-refractivity contribution is 7.92. The summed E-state index contributed by atoms with van der Waals surface area (Å²) in [5.74, 6) is 0.658. The molecule has 1 aromatic heterocycles. The zero-order chi connectivity index (χ0) is 20.0. The number of para-hydroxylation sites is 1. The van der Waals surface area contributed by atoms with Gasteiger partial charge < -0.3 is 9.47 Å². The van der Waals surface area contributed by atoms with Gasteiger partial charge in [0.1, 0.15) is 16.4 Å². The second-order valence-electron chi connectivity index (χ2n) is 5.82. The molecule has 0 fully saturated rings. The predicted molar refractivity (Wildman–Crippen MR) is 110 cm³/mol. The number of sulfonamides is 1. The molecular formula is C21H20N2O4S. The van der Waals surface area contributed by atoms with Crippen LogP contribution in [0.1, 0.15) is 11.1 Å². The summed E-state index contributed by atoms with van der Waals surface area (Å²) in [6.45, 7) is 0. The van der Waals surface area contributed by atoms with Gasteiger partial charge in [-0.1, -0.05) is 30.4 Å². The van der Waals surface area contributed by atoms with E-state index >= 15 is 0 Å². The van der Waals surface area contributed by atoms with Crippen LogP contribution in [0.2, 0.25) is 0 Å². The van der Waals surface area contributed by atoms with Crippen LogP contribution in [-0.2, 0) is 10.0 Å². The smallest absolute Gasteiger partial charge is 0.265 e. The molecule has 0 unspecified atom stereocenters. The Morgan fingerprint density at radius 3 is 2.39 bits per heavy atom. The third kappa shape index (κ3) is 4.50. The van der Waals surface area contributed by atoms with Gasteiger partial charge in [-0.25, -0.2) is 8.42 Å². The van der Waals surface area contributed by atoms with Crippen molar-refractivity contribution in [2.75, 3.05) is 18.9 Å². The van der Waals surface area contributed by atoms with Gasteiger partial charge in [-0.2, -0.15) is 0 Å². The quantitative estimate of drug-likeness (QED) is 0.651. The molecule has 0 saturated heterocycles. The van der Waals surface area contributed by atoms with Crippen LogP contribution in [-0.4, -0.2) is 27.6 Å². The van der Waals surface area contributed by atoms with Crippen LogP contribution in [0.5, 0.6) is 11.5 Å². The predicted octanol–water partition coefficient (Wildman–Crippen LogP) is 4.07. The van der Waals surface area contributed by atoms with Crippen molar-refractivity contribution >= 4 is 27.9 Å². The third-order valence-corrected chi connectivity index (χ3v) is 5.41. The van der Waals surface area contributed by atoms with Crippen LogP contribution < -0.4 is 14.2 Å². The third-order valence-electron chi connectivity index (χ3n) is 4.03. The topological polar surface area (TPSA) is 77.5 Å². The molecule has 0 bridgehead atoms. The minimum atomic E-state index is -3.89. The fourth-order valence-corrected chi connectivity index (χ4v) is 3.86. The van der Waals surface area contributed by atoms with Crippen LogP contribution in [0.3, 0.4) is 0 Å². The minimum absolute atomic E-state index is 0.00210. The molecule has 1 N–H and O–H groups in total. The van der Waals surface area contributed by atoms with E-state index < -0.39 is 10.0 Å². The summed E-state index contributed by atoms with van der Waals surface area (Å²) in [6, 6.07) is 15.5. The van der Waals surface area contributed by atoms with Crippen molar-refractivity contribution in [1.82, 2.24) is 4.98 Å². The van der Waals surface area contributed by atoms with E-state index in [0.717, 1.165) is 11.1 Å². The van der Waals surface area contributed by atoms with E-state index in [2.05, 4.69) is 9.71 Å². The average Bonchev–Trinajstić information content (AvgIpc) is 2.73. The molecule has 0 aliphatic rings. The van der Waals surface area contributed by atoms with Crippen LogP contribution >= 0.6 is 0 Å². The van der Waals surface area contributed by atoms with Gasteiger partial charge in [-0.3, -0.25) is 9.71 Å². The molecule has 0 atom stereocenters. The van der Waals surface area contributed by atoms with Crippen LogP contribution in [0.25, 0.3) is 12.2 Å². The summed E-state index contributed by atoms with van der Waals surface area (Å²) in [6.07, 6.45) is 7.13. The molecule has 0 aliphatic carbocycles. The van der Waals surface area contributed by atoms with Crippen LogP contribution in [0.4, 0.5) is 5.69 Å². The Morgan fingerprint density at radius 1 is 0.929 bits per heavy atom. The van der Waals surface area contributed by atoms with E-state index in [1.54, 1.807) is 36.7 Å². The van der Waals surface area contributed by atoms with E-state index in [9.17, 15) is 8.42 Å². The molecule has 1 heterocycles. The van der Waals surface area contributed by atoms with E-state index in [-0.39, 0.29) is 10.6 Å². The minimum Gasteiger partial charge on any atom is -0.497 e. The monoisotopic (exact) mass is 396 g/mol. The molecule has 3 rings (SSSR count). The molecule has 2 aromatic carbocycles. The Hall–Kier alpha value is -3.32. The number of rotatable bonds is 7. The van der Waals surface area contributed by atoms with Gasteiger partial charge in [-0.15, -0.1) is 0 Å². The SMILES string of the molecule is COc1ccc(OC)c(S(=O)(=O)Nc2ccccc2/C=C/c2ccncc2)c1. The molecule has 7 heteroatoms. The lowest BCUT2D eigenvalue weighted by Crippen LogP contribution is -2.15. The van der Waals surface area contributed by atoms with Gasteiger partial charge in [0.05, 0.1) is 19.9 Å². The molecule has 28 heavy (non-hydrogen) atoms. The first-order chi connectivity index (χ1) is 13.5. The van der Waals surface area contributed by atoms with Crippen LogP contribution in [0.15, 0.2) is 71.9 Å². The van der Waals surface area contributed by atoms with Crippen molar-refractivity contribution in [3.63, 3.8) is 0 Å². The molecule has 0 aliphatic heterocycles. The van der Waals surface area contributed by atoms with E-state index in [4.69, 9.17) is 9.47 Å². The summed E-state index contributed by atoms with van der Waals surface area (Å²) in [5, 5.41) is 0. The van der Waals surface area contributed by atoms with Crippen LogP contribution in [0, 0.1) is 0 Å². The van der Waals surface area contributed by atoms with Crippen molar-refractivity contribution in [2.24, 2.45) is 0 Å². The Bertz CT molecular complexity index is 1080. The molecule has 144 valence electrons. The number of aromatic nitrogens is 1. The Balaban J connectivity index is 1.95. The molecule has 0 amide bonds. The lowest BCUT2D eigenvalue weighted by molar-refractivity contribution is 0.392. The number of nitrogens with one attached hydrogen (secondary N) is 1. The summed E-state index contributed by atoms with van der Waals surface area (Å²) in [7, 11) is -0.993. The van der Waals surface area contributed by atoms with Gasteiger partial charge in [-0.05, 0) is 41.5 Å². The maximum Gasteiger partial charge on any atom is 0.265 e. The highest BCUT2D eigenvalue weighted by Crippen LogP contribution is 2.30. The van der Waals surface area contributed by atoms with Gasteiger partial charge in [0, 0.05) is 18.5 Å². The van der Waals surface area contributed by atoms with Crippen molar-refractivity contribution in [3.8, 4) is 11.5 Å². The number of benzene rings is 2. The fourth-order valence-electron chi connectivity index (χ4n) is 2.59. The molecule has 0 saturated carbocycles. The molecule has 6 nitrogen and oxygen atoms in total. The Kier molecular flexibility index (Phi) is 5.96. The first-order valence-electron chi connectivity index (χ1n) is 8.45. The van der Waals surface area contributed by atoms with Gasteiger partial charge in [0.2, 0.25) is 0 Å². The van der Waals surface area contributed by atoms with Crippen molar-refractivity contribution < 1.29 is 17.9 Å². The van der Waals surface area contributed by atoms with Gasteiger partial charge in [0.15, 0.2) is 0 Å². The summed E-state index contributed by atoms with van der Waals surface area (Å²) in [4.78, 5) is 3.98. The van der Waals surface area contributed by atoms with E-state index in [1.807, 2.05) is 36.4 Å². The summed E-state index contributed by atoms with van der Waals surface area (Å²) >= 11 is 0. The van der Waals surface area contributed by atoms with Gasteiger partial charge >= 0.3 is 0 Å². The highest BCUT2D eigenvalue weighted by atomic mass is 32.2. The largest absolute Gasteiger partial charge is 0.497 e. The lowest BCUT2D eigenvalue weighted by Gasteiger charge is -2.14. The number of pyridine rings is 1. The number of methoxy groups -OCH3 is 2. The maximum absolute atomic E-state index is 13.0. The number of hydrogen-bond acceptors (Lipinski definition) is 5. The lowest BCUT2D eigenvalue weighted by atomic mass is 10.1. The first kappa shape index (κ1) is 19.4. The van der Waals surface area contributed by atoms with Crippen molar-refractivity contribution in [2.45, 2.75) is 4.90 Å². The Morgan fingerprint density at radius 2 is 1.68 bits per heavy atom. The summed E-state index contributed by atoms with van der Waals surface area (Å²) in [5.41, 5.74) is 2.14. The Labute approximate surface area is 164 Å². The molecule has 3 aromatic rings. The maximum atomic E-state index is 13.0. The van der Waals surface area contributed by atoms with E-state index in [1.165, 1.54) is 20.3 Å². The average molecular weight is 396 g/mol. The number of ether oxygens (including phenoxy) is 2. The number of nitrogens with zero attached hydrogens (tertiary/aromatic N) is 1. The number of anilines is 1. The molecule has 0 spiro atoms. The van der Waals surface area contributed by atoms with Gasteiger partial charge in [0.25, 0.3) is 10.0 Å². The number of hydrogen-bond donors (Lipinski definition) is 1. The normalized spacial score (nSPS) is 11.4. The highest BCUT2D eigenvalue weighted by Gasteiger charge is 2.21. The van der Waals surface area contributed by atoms with Crippen molar-refractivity contribution in [3.05, 3.63) is 78.1 Å². The second kappa shape index (κ2) is 8.58. The molecular weight excluding hydrogens is 376 g/mol. The first-order valence-corrected chi connectivity index (χ1v) is 9.94. The summed E-state index contributed by atoms with van der Waals surface area (Å²) < 4.78 is 39.0. The zero-order valence-electron chi connectivity index (χ0n) is 15.5. The fraction of sp³-hybridized carbons (Fsp3) is 0.0952.